The first-order valence-corrected chi connectivity index (χ1v) is 17.8. The molecular weight excluding hydrogens is 589 g/mol. The first-order chi connectivity index (χ1) is 21.4. The van der Waals surface area contributed by atoms with E-state index in [2.05, 4.69) is 86.1 Å². The molecule has 0 spiro atoms. The normalized spacial score (nSPS) is 11.7. The van der Waals surface area contributed by atoms with Crippen LogP contribution in [0.5, 0.6) is 0 Å². The van der Waals surface area contributed by atoms with Crippen molar-refractivity contribution < 1.29 is 19.8 Å². The minimum atomic E-state index is -0.943. The summed E-state index contributed by atoms with van der Waals surface area (Å²) < 4.78 is 0. The minimum Gasteiger partial charge on any atom is -0.550 e. The summed E-state index contributed by atoms with van der Waals surface area (Å²) in [7, 11) is 0. The summed E-state index contributed by atoms with van der Waals surface area (Å²) in [4.78, 5) is 25.8. The summed E-state index contributed by atoms with van der Waals surface area (Å²) in [5.41, 5.74) is 0. The Morgan fingerprint density at radius 1 is 0.422 bits per heavy atom. The van der Waals surface area contributed by atoms with Crippen molar-refractivity contribution in [2.24, 2.45) is 0 Å². The predicted octanol–water partition coefficient (Wildman–Crippen LogP) is 7.02. The summed E-state index contributed by atoms with van der Waals surface area (Å²) in [6, 6.07) is 0. The van der Waals surface area contributed by atoms with Crippen LogP contribution in [0.2, 0.25) is 0 Å². The maximum absolute atomic E-state index is 10.6. The zero-order valence-corrected chi connectivity index (χ0v) is 32.0. The van der Waals surface area contributed by atoms with Crippen LogP contribution in [0.15, 0.2) is 48.6 Å². The molecule has 0 aliphatic carbocycles. The van der Waals surface area contributed by atoms with Gasteiger partial charge in [-0.15, -0.1) is 0 Å². The van der Waals surface area contributed by atoms with E-state index >= 15 is 0 Å². The van der Waals surface area contributed by atoms with Gasteiger partial charge in [-0.1, -0.05) is 76.3 Å². The molecule has 0 fully saturated rings. The topological polar surface area (TPSA) is 86.7 Å². The van der Waals surface area contributed by atoms with E-state index in [0.29, 0.717) is 13.1 Å². The number of carbonyl (C=O) groups is 2. The fourth-order valence-corrected chi connectivity index (χ4v) is 4.70. The molecule has 0 saturated heterocycles. The molecule has 0 aromatic carbocycles. The number of carboxylic acids is 2. The number of carboxylic acid groups (broad SMARTS) is 2. The maximum Gasteiger partial charge on any atom is 2.00 e. The van der Waals surface area contributed by atoms with Gasteiger partial charge in [-0.3, -0.25) is 0 Å². The first kappa shape index (κ1) is 48.5. The Morgan fingerprint density at radius 3 is 0.867 bits per heavy atom. The van der Waals surface area contributed by atoms with Crippen molar-refractivity contribution in [3.63, 3.8) is 0 Å². The molecule has 6 nitrogen and oxygen atoms in total. The molecule has 45 heavy (non-hydrogen) atoms. The second kappa shape index (κ2) is 41.1. The number of hydrogen-bond acceptors (Lipinski definition) is 6. The van der Waals surface area contributed by atoms with Crippen LogP contribution >= 0.6 is 0 Å². The van der Waals surface area contributed by atoms with Crippen LogP contribution in [0.3, 0.4) is 0 Å². The number of nitrogens with zero attached hydrogens (tertiary/aromatic N) is 2. The molecule has 0 radical (unpaired) electrons. The molecular formula is C38H68CaN2O4. The Kier molecular flexibility index (Phi) is 44.3. The molecule has 0 atom stereocenters. The van der Waals surface area contributed by atoms with Crippen LogP contribution in [0, 0.1) is 0 Å². The fourth-order valence-electron chi connectivity index (χ4n) is 4.70. The van der Waals surface area contributed by atoms with Gasteiger partial charge in [0.25, 0.3) is 0 Å². The Balaban J connectivity index is -0.000000767. The van der Waals surface area contributed by atoms with Gasteiger partial charge in [-0.05, 0) is 142 Å². The van der Waals surface area contributed by atoms with E-state index in [0.717, 1.165) is 103 Å². The third kappa shape index (κ3) is 43.1. The Hall–Kier alpha value is -0.920. The molecule has 0 aromatic heterocycles. The molecule has 0 heterocycles. The van der Waals surface area contributed by atoms with Crippen LogP contribution < -0.4 is 10.2 Å². The van der Waals surface area contributed by atoms with Crippen LogP contribution in [0.4, 0.5) is 0 Å². The fraction of sp³-hybridized carbons (Fsp3) is 0.737. The van der Waals surface area contributed by atoms with Crippen LogP contribution in [0.25, 0.3) is 0 Å². The molecule has 0 aliphatic rings. The van der Waals surface area contributed by atoms with E-state index in [1.807, 2.05) is 0 Å². The van der Waals surface area contributed by atoms with Gasteiger partial charge >= 0.3 is 37.7 Å². The van der Waals surface area contributed by atoms with Crippen LogP contribution in [-0.2, 0) is 9.59 Å². The van der Waals surface area contributed by atoms with E-state index in [1.54, 1.807) is 0 Å². The average molecular weight is 657 g/mol. The third-order valence-electron chi connectivity index (χ3n) is 7.25. The molecule has 0 aliphatic heterocycles. The smallest absolute Gasteiger partial charge is 0.550 e. The molecule has 0 rings (SSSR count). The molecule has 7 heteroatoms. The Labute approximate surface area is 308 Å². The maximum atomic E-state index is 10.6. The number of allylic oxidation sites excluding steroid dienone is 8. The SMILES string of the molecule is CC/C=C/CCCCN(CCCC/C=C/CC)CCC(=O)[O-].CC/C=C/CCCCN(CCCC/C=C/CC)CCC(=O)[O-].[Ca+2]. The standard InChI is InChI=1S/2C19H35NO2.Ca/c2*1-3-5-7-9-11-13-16-20(18-15-19(21)22)17-14-12-10-8-6-4-2;/h2*5-8H,3-4,9-18H2,1-2H3,(H,21,22);/q;;+2/p-2/b2*7-5+,8-6+;. The number of aliphatic carboxylic acids is 2. The van der Waals surface area contributed by atoms with Crippen molar-refractivity contribution >= 4 is 49.7 Å². The first-order valence-electron chi connectivity index (χ1n) is 17.8. The van der Waals surface area contributed by atoms with Gasteiger partial charge in [0, 0.05) is 25.0 Å². The molecule has 0 N–H and O–H groups in total. The van der Waals surface area contributed by atoms with E-state index < -0.39 is 11.9 Å². The van der Waals surface area contributed by atoms with Gasteiger partial charge in [-0.2, -0.15) is 0 Å². The number of hydrogen-bond donors (Lipinski definition) is 0. The van der Waals surface area contributed by atoms with Crippen molar-refractivity contribution in [3.8, 4) is 0 Å². The van der Waals surface area contributed by atoms with Gasteiger partial charge in [0.1, 0.15) is 0 Å². The van der Waals surface area contributed by atoms with E-state index in [4.69, 9.17) is 0 Å². The minimum absolute atomic E-state index is 0. The molecule has 0 unspecified atom stereocenters. The summed E-state index contributed by atoms with van der Waals surface area (Å²) >= 11 is 0. The largest absolute Gasteiger partial charge is 2.00 e. The van der Waals surface area contributed by atoms with Crippen molar-refractivity contribution in [1.82, 2.24) is 9.80 Å². The van der Waals surface area contributed by atoms with Gasteiger partial charge in [0.15, 0.2) is 0 Å². The van der Waals surface area contributed by atoms with Gasteiger partial charge in [-0.25, -0.2) is 0 Å². The van der Waals surface area contributed by atoms with Gasteiger partial charge in [0.2, 0.25) is 0 Å². The molecule has 0 amide bonds. The van der Waals surface area contributed by atoms with Crippen LogP contribution in [0.1, 0.15) is 143 Å². The van der Waals surface area contributed by atoms with Crippen molar-refractivity contribution in [3.05, 3.63) is 48.6 Å². The number of rotatable bonds is 30. The van der Waals surface area contributed by atoms with Gasteiger partial charge < -0.3 is 29.6 Å². The van der Waals surface area contributed by atoms with Gasteiger partial charge in [0.05, 0.1) is 0 Å². The van der Waals surface area contributed by atoms with E-state index in [1.165, 1.54) is 25.7 Å². The number of carbonyl (C=O) groups excluding carboxylic acids is 2. The van der Waals surface area contributed by atoms with E-state index in [-0.39, 0.29) is 50.6 Å². The quantitative estimate of drug-likeness (QED) is 0.0469. The van der Waals surface area contributed by atoms with Crippen molar-refractivity contribution in [1.29, 1.82) is 0 Å². The predicted molar refractivity (Wildman–Crippen MR) is 191 cm³/mol. The molecule has 0 bridgehead atoms. The van der Waals surface area contributed by atoms with Crippen molar-refractivity contribution in [2.75, 3.05) is 39.3 Å². The third-order valence-corrected chi connectivity index (χ3v) is 7.25. The zero-order valence-electron chi connectivity index (χ0n) is 29.8. The van der Waals surface area contributed by atoms with Crippen molar-refractivity contribution in [2.45, 2.75) is 143 Å². The Morgan fingerprint density at radius 2 is 0.667 bits per heavy atom. The monoisotopic (exact) mass is 656 g/mol. The van der Waals surface area contributed by atoms with E-state index in [9.17, 15) is 19.8 Å². The van der Waals surface area contributed by atoms with Crippen LogP contribution in [-0.4, -0.2) is 98.7 Å². The second-order valence-corrected chi connectivity index (χ2v) is 11.4. The molecule has 0 saturated carbocycles. The Bertz CT molecular complexity index is 646. The molecule has 256 valence electrons. The number of unbranched alkanes of at least 4 members (excludes halogenated alkanes) is 8. The second-order valence-electron chi connectivity index (χ2n) is 11.4. The molecule has 0 aromatic rings. The average Bonchev–Trinajstić information content (AvgIpc) is 3.00. The summed E-state index contributed by atoms with van der Waals surface area (Å²) in [6.45, 7) is 13.8. The summed E-state index contributed by atoms with van der Waals surface area (Å²) in [5, 5.41) is 21.3. The summed E-state index contributed by atoms with van der Waals surface area (Å²) in [5.74, 6) is -1.89. The summed E-state index contributed by atoms with van der Waals surface area (Å²) in [6.07, 6.45) is 36.3. The zero-order chi connectivity index (χ0) is 32.9.